The molecule has 2 N–H and O–H groups in total. The van der Waals surface area contributed by atoms with Crippen molar-refractivity contribution in [2.45, 2.75) is 72.2 Å². The van der Waals surface area contributed by atoms with Crippen molar-refractivity contribution in [2.24, 2.45) is 5.41 Å². The molecule has 14 nitrogen and oxygen atoms in total. The van der Waals surface area contributed by atoms with Crippen molar-refractivity contribution in [3.05, 3.63) is 119 Å². The third kappa shape index (κ3) is 15.4. The molecule has 4 aromatic rings. The molecule has 1 aliphatic carbocycles. The Bertz CT molecular complexity index is 2840. The lowest BCUT2D eigenvalue weighted by molar-refractivity contribution is -0.0436. The maximum absolute atomic E-state index is 14.4. The number of piperazine rings is 2. The van der Waals surface area contributed by atoms with E-state index in [-0.39, 0.29) is 11.0 Å². The van der Waals surface area contributed by atoms with Crippen molar-refractivity contribution < 1.29 is 48.4 Å². The lowest BCUT2D eigenvalue weighted by atomic mass is 9.73. The van der Waals surface area contributed by atoms with Crippen LogP contribution in [0.5, 0.6) is 0 Å². The highest BCUT2D eigenvalue weighted by Crippen LogP contribution is 2.47. The number of benzene rings is 4. The smallest absolute Gasteiger partial charge is 0.380 e. The fourth-order valence-corrected chi connectivity index (χ4v) is 13.8. The molecule has 22 heteroatoms. The van der Waals surface area contributed by atoms with Gasteiger partial charge in [-0.1, -0.05) is 61.4 Å². The maximum Gasteiger partial charge on any atom is 0.501 e. The molecule has 2 saturated heterocycles. The predicted molar refractivity (Wildman–Crippen MR) is 289 cm³/mol. The van der Waals surface area contributed by atoms with Crippen LogP contribution in [0.2, 0.25) is 5.02 Å². The number of thioether (sulfide) groups is 1. The summed E-state index contributed by atoms with van der Waals surface area (Å²) in [5.41, 5.74) is -1.12. The zero-order chi connectivity index (χ0) is 53.3. The fourth-order valence-electron chi connectivity index (χ4n) is 9.65. The van der Waals surface area contributed by atoms with Gasteiger partial charge in [0, 0.05) is 113 Å². The maximum atomic E-state index is 14.4. The van der Waals surface area contributed by atoms with Gasteiger partial charge in [0.25, 0.3) is 25.8 Å². The van der Waals surface area contributed by atoms with E-state index in [4.69, 9.17) is 20.6 Å². The molecule has 2 aliphatic heterocycles. The van der Waals surface area contributed by atoms with Crippen molar-refractivity contribution in [1.82, 2.24) is 19.4 Å². The second kappa shape index (κ2) is 25.0. The molecular weight excluding hydrogens is 1060 g/mol. The molecule has 2 fully saturated rings. The third-order valence-electron chi connectivity index (χ3n) is 14.0. The van der Waals surface area contributed by atoms with E-state index in [0.29, 0.717) is 62.0 Å². The molecule has 0 saturated carbocycles. The van der Waals surface area contributed by atoms with Crippen LogP contribution in [0.1, 0.15) is 61.9 Å². The number of halogens is 4. The average Bonchev–Trinajstić information content (AvgIpc) is 3.38. The van der Waals surface area contributed by atoms with E-state index in [2.05, 4.69) is 50.9 Å². The van der Waals surface area contributed by atoms with Gasteiger partial charge in [0.2, 0.25) is 0 Å². The zero-order valence-electron chi connectivity index (χ0n) is 42.3. The number of carbonyl (C=O) groups is 1. The largest absolute Gasteiger partial charge is 0.501 e. The number of nitrogens with one attached hydrogen (secondary N) is 2. The van der Waals surface area contributed by atoms with Gasteiger partial charge in [-0.15, -0.1) is 11.8 Å². The van der Waals surface area contributed by atoms with Crippen LogP contribution in [0.3, 0.4) is 0 Å². The van der Waals surface area contributed by atoms with E-state index in [9.17, 15) is 39.4 Å². The Morgan fingerprint density at radius 2 is 1.45 bits per heavy atom. The number of sulfonamides is 1. The summed E-state index contributed by atoms with van der Waals surface area (Å²) in [6.45, 7) is 12.7. The van der Waals surface area contributed by atoms with E-state index < -0.39 is 60.4 Å². The summed E-state index contributed by atoms with van der Waals surface area (Å²) < 4.78 is 121. The van der Waals surface area contributed by atoms with Gasteiger partial charge in [-0.2, -0.15) is 13.2 Å². The molecule has 3 aliphatic rings. The van der Waals surface area contributed by atoms with Crippen LogP contribution in [0.25, 0.3) is 5.57 Å². The first-order valence-corrected chi connectivity index (χ1v) is 30.8. The molecular formula is C52H67ClF3N6O8PS3. The Balaban J connectivity index is 0.995. The summed E-state index contributed by atoms with van der Waals surface area (Å²) >= 11 is 7.64. The number of amides is 1. The average molecular weight is 1120 g/mol. The summed E-state index contributed by atoms with van der Waals surface area (Å²) in [6, 6.07) is 25.7. The first-order valence-electron chi connectivity index (χ1n) is 24.7. The third-order valence-corrected chi connectivity index (χ3v) is 20.3. The molecule has 2 heterocycles. The van der Waals surface area contributed by atoms with E-state index in [1.54, 1.807) is 12.1 Å². The van der Waals surface area contributed by atoms with E-state index in [0.717, 1.165) is 87.8 Å². The summed E-state index contributed by atoms with van der Waals surface area (Å²) in [7, 11) is -11.4. The summed E-state index contributed by atoms with van der Waals surface area (Å²) in [5.74, 6) is -0.700. The van der Waals surface area contributed by atoms with Gasteiger partial charge in [-0.25, -0.2) is 21.6 Å². The van der Waals surface area contributed by atoms with Gasteiger partial charge in [-0.05, 0) is 122 Å². The summed E-state index contributed by atoms with van der Waals surface area (Å²) in [6.07, 6.45) is 4.45. The van der Waals surface area contributed by atoms with Crippen LogP contribution in [0.15, 0.2) is 117 Å². The number of hydrogen-bond acceptors (Lipinski definition) is 14. The highest BCUT2D eigenvalue weighted by atomic mass is 35.5. The van der Waals surface area contributed by atoms with Crippen molar-refractivity contribution in [2.75, 3.05) is 108 Å². The van der Waals surface area contributed by atoms with Gasteiger partial charge < -0.3 is 29.1 Å². The number of anilines is 2. The van der Waals surface area contributed by atoms with Crippen molar-refractivity contribution in [3.63, 3.8) is 0 Å². The first kappa shape index (κ1) is 57.7. The minimum absolute atomic E-state index is 0.0141. The Hall–Kier alpha value is -3.95. The molecule has 0 aromatic heterocycles. The molecule has 0 unspecified atom stereocenters. The van der Waals surface area contributed by atoms with Crippen LogP contribution in [0, 0.1) is 5.41 Å². The Morgan fingerprint density at radius 3 is 2.07 bits per heavy atom. The normalized spacial score (nSPS) is 18.1. The van der Waals surface area contributed by atoms with Crippen LogP contribution >= 0.6 is 31.0 Å². The molecule has 7 rings (SSSR count). The highest BCUT2D eigenvalue weighted by Gasteiger charge is 2.48. The molecule has 0 bridgehead atoms. The van der Waals surface area contributed by atoms with E-state index in [1.165, 1.54) is 54.8 Å². The summed E-state index contributed by atoms with van der Waals surface area (Å²) in [5, 5.41) is 3.74. The molecule has 74 heavy (non-hydrogen) atoms. The molecule has 404 valence electrons. The van der Waals surface area contributed by atoms with Gasteiger partial charge in [0.15, 0.2) is 0 Å². The van der Waals surface area contributed by atoms with Gasteiger partial charge in [0.1, 0.15) is 4.90 Å². The fraction of sp³-hybridized carbons (Fsp3) is 0.481. The molecule has 4 aromatic carbocycles. The molecule has 0 radical (unpaired) electrons. The minimum Gasteiger partial charge on any atom is -0.380 e. The van der Waals surface area contributed by atoms with Crippen molar-refractivity contribution in [3.8, 4) is 0 Å². The van der Waals surface area contributed by atoms with Crippen LogP contribution in [-0.4, -0.2) is 147 Å². The topological polar surface area (TPSA) is 158 Å². The first-order chi connectivity index (χ1) is 35.1. The monoisotopic (exact) mass is 1120 g/mol. The molecule has 1 atom stereocenters. The lowest BCUT2D eigenvalue weighted by Crippen LogP contribution is -2.47. The molecule has 0 spiro atoms. The summed E-state index contributed by atoms with van der Waals surface area (Å²) in [4.78, 5) is 21.3. The van der Waals surface area contributed by atoms with Crippen LogP contribution in [-0.2, 0) is 33.5 Å². The number of allylic oxidation sites excluding steroid dienone is 1. The van der Waals surface area contributed by atoms with Gasteiger partial charge in [0.05, 0.1) is 16.7 Å². The Labute approximate surface area is 443 Å². The van der Waals surface area contributed by atoms with Crippen molar-refractivity contribution in [1.29, 1.82) is 0 Å². The lowest BCUT2D eigenvalue weighted by Gasteiger charge is -2.39. The number of sulfone groups is 1. The minimum atomic E-state index is -6.10. The standard InChI is InChI=1S/C52H67ClF3N6O8PS3/c1-51(2)23-21-47(39-11-15-42(53)16-12-39)41(36-51)37-61-30-32-62(33-31-61)44-17-13-40(14-18-44)50(63)58-74(67,68)46-19-20-48(49(35-46)73(65,66)52(54,55)56)57-43(38-72-45-9-6-5-7-10-45)22-25-60-28-26-59(27-29-60)24-8-34-71(64,69-3)70-4/h5-7,9-20,35,43,57H,8,21-34,36-38H2,1-4H3,(H,58,63)/t43-/m1/s1. The zero-order valence-corrected chi connectivity index (χ0v) is 46.4. The second-order valence-corrected chi connectivity index (χ2v) is 27.3. The van der Waals surface area contributed by atoms with E-state index >= 15 is 0 Å². The van der Waals surface area contributed by atoms with Crippen LogP contribution < -0.4 is 14.9 Å². The predicted octanol–water partition coefficient (Wildman–Crippen LogP) is 9.99. The molecule has 1 amide bonds. The Kier molecular flexibility index (Phi) is 19.5. The SMILES string of the molecule is COP(=O)(CCCN1CCN(CC[C@H](CSc2ccccc2)Nc2ccc(S(=O)(=O)NC(=O)c3ccc(N4CCN(CC5=C(c6ccc(Cl)cc6)CCC(C)(C)C5)CC4)cc3)cc2S(=O)(=O)C(F)(F)F)CC1)OC. The van der Waals surface area contributed by atoms with E-state index in [1.807, 2.05) is 47.2 Å². The van der Waals surface area contributed by atoms with Crippen LogP contribution in [0.4, 0.5) is 24.5 Å². The number of rotatable bonds is 22. The van der Waals surface area contributed by atoms with Gasteiger partial charge >= 0.3 is 13.1 Å². The quantitative estimate of drug-likeness (QED) is 0.0566. The Morgan fingerprint density at radius 1 is 0.824 bits per heavy atom. The van der Waals surface area contributed by atoms with Gasteiger partial charge in [-0.3, -0.25) is 14.3 Å². The second-order valence-electron chi connectivity index (χ2n) is 19.8. The highest BCUT2D eigenvalue weighted by molar-refractivity contribution is 7.99. The number of alkyl halides is 3. The number of nitrogens with zero attached hydrogens (tertiary/aromatic N) is 4. The number of carbonyl (C=O) groups excluding carboxylic acids is 1. The van der Waals surface area contributed by atoms with Crippen molar-refractivity contribution >= 4 is 73.7 Å². The number of hydrogen-bond donors (Lipinski definition) is 2.